The molecule has 1 aromatic heterocycles. The highest BCUT2D eigenvalue weighted by molar-refractivity contribution is 8.14. The fourth-order valence-corrected chi connectivity index (χ4v) is 4.61. The first-order chi connectivity index (χ1) is 16.5. The zero-order chi connectivity index (χ0) is 23.7. The molecule has 1 aliphatic rings. The lowest BCUT2D eigenvalue weighted by atomic mass is 10.0. The number of amides is 1. The van der Waals surface area contributed by atoms with Crippen molar-refractivity contribution >= 4 is 51.2 Å². The molecule has 168 valence electrons. The Bertz CT molecular complexity index is 1450. The summed E-state index contributed by atoms with van der Waals surface area (Å²) in [7, 11) is 1.46. The van der Waals surface area contributed by atoms with E-state index in [9.17, 15) is 14.7 Å². The molecule has 0 saturated heterocycles. The minimum absolute atomic E-state index is 0.110. The number of fused-ring (bicyclic) bond motifs is 1. The summed E-state index contributed by atoms with van der Waals surface area (Å²) < 4.78 is 5.64. The molecule has 8 nitrogen and oxygen atoms in total. The molecule has 0 unspecified atom stereocenters. The van der Waals surface area contributed by atoms with Gasteiger partial charge in [0.25, 0.3) is 11.6 Å². The number of nitrogens with zero attached hydrogens (tertiary/aromatic N) is 4. The summed E-state index contributed by atoms with van der Waals surface area (Å²) in [4.78, 5) is 32.1. The molecular weight excluding hydrogens is 452 g/mol. The van der Waals surface area contributed by atoms with E-state index in [4.69, 9.17) is 0 Å². The number of para-hydroxylation sites is 1. The van der Waals surface area contributed by atoms with Crippen LogP contribution in [0.5, 0.6) is 5.95 Å². The van der Waals surface area contributed by atoms with Gasteiger partial charge in [0, 0.05) is 0 Å². The van der Waals surface area contributed by atoms with Crippen LogP contribution >= 0.6 is 11.8 Å². The molecule has 0 atom stereocenters. The van der Waals surface area contributed by atoms with Gasteiger partial charge in [-0.1, -0.05) is 77.1 Å². The molecular formula is C25H18N4O4S. The molecule has 4 aromatic rings. The highest BCUT2D eigenvalue weighted by Crippen LogP contribution is 2.31. The standard InChI is InChI=1S/C25H18N4O4S/c1-28-22(24(32)33-27-28)21(30)15-34-25-26-20(23(31)29(25)18-11-3-2-4-12-18)14-17-10-7-9-16-8-5-6-13-19(16)17/h2-14H,15H2,1H3/b20-14+. The maximum Gasteiger partial charge on any atom is 0.300 e. The Labute approximate surface area is 198 Å². The summed E-state index contributed by atoms with van der Waals surface area (Å²) in [5.74, 6) is -1.67. The molecule has 0 N–H and O–H groups in total. The fraction of sp³-hybridized carbons (Fsp3) is 0.0800. The van der Waals surface area contributed by atoms with Crippen molar-refractivity contribution in [2.24, 2.45) is 12.0 Å². The van der Waals surface area contributed by atoms with Crippen LogP contribution in [0.2, 0.25) is 0 Å². The fourth-order valence-electron chi connectivity index (χ4n) is 3.73. The number of carbonyl (C=O) groups is 2. The lowest BCUT2D eigenvalue weighted by molar-refractivity contribution is -0.741. The quantitative estimate of drug-likeness (QED) is 0.252. The van der Waals surface area contributed by atoms with Crippen molar-refractivity contribution in [2.75, 3.05) is 10.7 Å². The monoisotopic (exact) mass is 470 g/mol. The van der Waals surface area contributed by atoms with Crippen LogP contribution in [-0.2, 0) is 11.8 Å². The van der Waals surface area contributed by atoms with E-state index in [1.165, 1.54) is 11.9 Å². The van der Waals surface area contributed by atoms with Gasteiger partial charge in [0.2, 0.25) is 5.78 Å². The summed E-state index contributed by atoms with van der Waals surface area (Å²) >= 11 is 1.08. The second kappa shape index (κ2) is 8.95. The second-order valence-corrected chi connectivity index (χ2v) is 8.46. The Balaban J connectivity index is 1.50. The Morgan fingerprint density at radius 1 is 1.09 bits per heavy atom. The number of thioether (sulfide) groups is 1. The Morgan fingerprint density at radius 3 is 2.59 bits per heavy atom. The molecule has 1 aliphatic heterocycles. The van der Waals surface area contributed by atoms with E-state index in [-0.39, 0.29) is 23.1 Å². The van der Waals surface area contributed by atoms with Crippen LogP contribution in [0, 0.1) is 0 Å². The van der Waals surface area contributed by atoms with Crippen LogP contribution in [0.25, 0.3) is 16.8 Å². The Kier molecular flexibility index (Phi) is 5.69. The number of Topliss-reactive ketones (excluding diaryl/α,β-unsaturated/α-hetero) is 1. The number of aromatic nitrogens is 2. The van der Waals surface area contributed by atoms with Gasteiger partial charge in [-0.15, -0.1) is 0 Å². The van der Waals surface area contributed by atoms with Gasteiger partial charge in [-0.2, -0.15) is 0 Å². The number of carbonyl (C=O) groups excluding carboxylic acids is 2. The number of hydrogen-bond acceptors (Lipinski definition) is 7. The molecule has 1 amide bonds. The lowest BCUT2D eigenvalue weighted by Gasteiger charge is -2.17. The zero-order valence-corrected chi connectivity index (χ0v) is 18.9. The number of rotatable bonds is 5. The molecule has 5 rings (SSSR count). The molecule has 34 heavy (non-hydrogen) atoms. The van der Waals surface area contributed by atoms with Gasteiger partial charge in [-0.25, -0.2) is 4.99 Å². The number of aryl methyl sites for hydroxylation is 1. The highest BCUT2D eigenvalue weighted by atomic mass is 32.2. The summed E-state index contributed by atoms with van der Waals surface area (Å²) in [5, 5.41) is 17.7. The van der Waals surface area contributed by atoms with Crippen molar-refractivity contribution in [1.29, 1.82) is 0 Å². The summed E-state index contributed by atoms with van der Waals surface area (Å²) in [6.07, 6.45) is 1.76. The number of amidine groups is 1. The SMILES string of the molecule is C[n+]1noc([O-])c1C(=O)CSC1=N/C(=C/c2cccc3ccccc23)C(=O)N1c1ccccc1. The number of anilines is 1. The molecule has 2 heterocycles. The van der Waals surface area contributed by atoms with E-state index in [1.54, 1.807) is 18.2 Å². The molecule has 0 fully saturated rings. The first-order valence-corrected chi connectivity index (χ1v) is 11.4. The maximum absolute atomic E-state index is 13.4. The van der Waals surface area contributed by atoms with E-state index >= 15 is 0 Å². The zero-order valence-electron chi connectivity index (χ0n) is 18.0. The van der Waals surface area contributed by atoms with Gasteiger partial charge < -0.3 is 9.63 Å². The van der Waals surface area contributed by atoms with Gasteiger partial charge in [-0.05, 0) is 34.5 Å². The van der Waals surface area contributed by atoms with E-state index in [0.717, 1.165) is 32.8 Å². The van der Waals surface area contributed by atoms with E-state index < -0.39 is 11.7 Å². The van der Waals surface area contributed by atoms with Crippen molar-refractivity contribution in [2.45, 2.75) is 0 Å². The lowest BCUT2D eigenvalue weighted by Crippen LogP contribution is -2.38. The largest absolute Gasteiger partial charge is 0.539 e. The number of benzene rings is 3. The maximum atomic E-state index is 13.4. The smallest absolute Gasteiger partial charge is 0.300 e. The molecule has 3 aromatic carbocycles. The third kappa shape index (κ3) is 3.97. The van der Waals surface area contributed by atoms with Gasteiger partial charge in [0.05, 0.1) is 16.7 Å². The van der Waals surface area contributed by atoms with Crippen molar-refractivity contribution < 1.29 is 23.9 Å². The summed E-state index contributed by atoms with van der Waals surface area (Å²) in [6.45, 7) is 0. The predicted molar refractivity (Wildman–Crippen MR) is 127 cm³/mol. The molecule has 0 bridgehead atoms. The van der Waals surface area contributed by atoms with Crippen LogP contribution in [0.15, 0.2) is 88.0 Å². The van der Waals surface area contributed by atoms with Gasteiger partial charge in [-0.3, -0.25) is 14.5 Å². The summed E-state index contributed by atoms with van der Waals surface area (Å²) in [6, 6.07) is 22.9. The van der Waals surface area contributed by atoms with E-state index in [0.29, 0.717) is 10.9 Å². The average Bonchev–Trinajstić information content (AvgIpc) is 3.36. The van der Waals surface area contributed by atoms with Crippen molar-refractivity contribution in [1.82, 2.24) is 5.27 Å². The molecule has 9 heteroatoms. The molecule has 0 radical (unpaired) electrons. The van der Waals surface area contributed by atoms with Gasteiger partial charge >= 0.3 is 0 Å². The third-order valence-electron chi connectivity index (χ3n) is 5.32. The van der Waals surface area contributed by atoms with Gasteiger partial charge in [0.15, 0.2) is 18.2 Å². The Hall–Kier alpha value is -4.24. The van der Waals surface area contributed by atoms with Crippen LogP contribution in [-0.4, -0.2) is 27.9 Å². The van der Waals surface area contributed by atoms with E-state index in [2.05, 4.69) is 14.8 Å². The predicted octanol–water partition coefficient (Wildman–Crippen LogP) is 3.09. The van der Waals surface area contributed by atoms with Crippen molar-refractivity contribution in [3.8, 4) is 5.95 Å². The third-order valence-corrected chi connectivity index (χ3v) is 6.26. The molecule has 0 aliphatic carbocycles. The minimum Gasteiger partial charge on any atom is -0.539 e. The Morgan fingerprint density at radius 2 is 1.82 bits per heavy atom. The number of aliphatic imine (C=N–C) groups is 1. The van der Waals surface area contributed by atoms with E-state index in [1.807, 2.05) is 60.7 Å². The van der Waals surface area contributed by atoms with Crippen molar-refractivity contribution in [3.63, 3.8) is 0 Å². The van der Waals surface area contributed by atoms with Crippen molar-refractivity contribution in [3.05, 3.63) is 89.8 Å². The summed E-state index contributed by atoms with van der Waals surface area (Å²) in [5.41, 5.74) is 1.60. The average molecular weight is 471 g/mol. The van der Waals surface area contributed by atoms with Crippen LogP contribution in [0.3, 0.4) is 0 Å². The topological polar surface area (TPSA) is 103 Å². The van der Waals surface area contributed by atoms with Crippen LogP contribution in [0.4, 0.5) is 5.69 Å². The first kappa shape index (κ1) is 21.6. The van der Waals surface area contributed by atoms with Crippen LogP contribution in [0.1, 0.15) is 16.1 Å². The molecule has 0 spiro atoms. The second-order valence-electron chi connectivity index (χ2n) is 7.51. The minimum atomic E-state index is -0.797. The van der Waals surface area contributed by atoms with Crippen LogP contribution < -0.4 is 14.7 Å². The highest BCUT2D eigenvalue weighted by Gasteiger charge is 2.33. The number of hydrogen-bond donors (Lipinski definition) is 0. The normalized spacial score (nSPS) is 14.7. The first-order valence-electron chi connectivity index (χ1n) is 10.4. The van der Waals surface area contributed by atoms with Gasteiger partial charge in [0.1, 0.15) is 5.70 Å². The number of ketones is 1. The molecule has 0 saturated carbocycles.